The molecular formula is C2H3O5S-. The van der Waals surface area contributed by atoms with Crippen molar-refractivity contribution in [1.29, 1.82) is 0 Å². The molecule has 5 nitrogen and oxygen atoms in total. The molecule has 0 N–H and O–H groups in total. The molecule has 1 atom stereocenters. The summed E-state index contributed by atoms with van der Waals surface area (Å²) in [5, 5.41) is 0. The summed E-state index contributed by atoms with van der Waals surface area (Å²) in [4.78, 5) is 13.3. The van der Waals surface area contributed by atoms with E-state index in [4.69, 9.17) is 0 Å². The summed E-state index contributed by atoms with van der Waals surface area (Å²) in [5.74, 6) is -0.811. The third kappa shape index (κ3) is 5.54. The zero-order valence-corrected chi connectivity index (χ0v) is 4.77. The Hall–Kier alpha value is -0.460. The van der Waals surface area contributed by atoms with Gasteiger partial charge in [-0.2, -0.15) is 0 Å². The molecule has 0 heterocycles. The fourth-order valence-corrected chi connectivity index (χ4v) is 0.227. The van der Waals surface area contributed by atoms with E-state index in [1.165, 1.54) is 0 Å². The average Bonchev–Trinajstić information content (AvgIpc) is 1.61. The first kappa shape index (κ1) is 7.54. The van der Waals surface area contributed by atoms with Gasteiger partial charge in [-0.15, -0.1) is 0 Å². The second-order valence-corrected chi connectivity index (χ2v) is 1.39. The third-order valence-electron chi connectivity index (χ3n) is 0.207. The molecule has 0 radical (unpaired) electrons. The Bertz CT molecular complexity index is 95.0. The van der Waals surface area contributed by atoms with Gasteiger partial charge in [-0.1, -0.05) is 4.33 Å². The van der Waals surface area contributed by atoms with E-state index < -0.39 is 17.3 Å². The summed E-state index contributed by atoms with van der Waals surface area (Å²) in [5.41, 5.74) is 0. The Balaban J connectivity index is 3.18. The highest BCUT2D eigenvalue weighted by Crippen LogP contribution is 1.80. The molecule has 6 heteroatoms. The molecule has 0 saturated carbocycles. The van der Waals surface area contributed by atoms with Crippen LogP contribution in [-0.2, 0) is 25.4 Å². The number of hydrogen-bond donors (Lipinski definition) is 0. The first-order chi connectivity index (χ1) is 3.63. The topological polar surface area (TPSA) is 75.7 Å². The highest BCUT2D eigenvalue weighted by atomic mass is 32.2. The zero-order valence-electron chi connectivity index (χ0n) is 3.95. The molecule has 0 aromatic rings. The van der Waals surface area contributed by atoms with E-state index in [-0.39, 0.29) is 0 Å². The highest BCUT2D eigenvalue weighted by Gasteiger charge is 1.90. The molecule has 0 fully saturated rings. The van der Waals surface area contributed by atoms with Gasteiger partial charge in [0.25, 0.3) is 0 Å². The SMILES string of the molecule is CC(=O)OOS(=O)[O-]. The van der Waals surface area contributed by atoms with Crippen LogP contribution in [0.2, 0.25) is 0 Å². The molecule has 0 spiro atoms. The van der Waals surface area contributed by atoms with E-state index in [0.29, 0.717) is 0 Å². The Morgan fingerprint density at radius 1 is 1.75 bits per heavy atom. The van der Waals surface area contributed by atoms with E-state index in [0.717, 1.165) is 6.92 Å². The lowest BCUT2D eigenvalue weighted by molar-refractivity contribution is -0.208. The Morgan fingerprint density at radius 2 is 2.25 bits per heavy atom. The summed E-state index contributed by atoms with van der Waals surface area (Å²) in [7, 11) is 0. The Labute approximate surface area is 48.0 Å². The van der Waals surface area contributed by atoms with Crippen LogP contribution >= 0.6 is 0 Å². The van der Waals surface area contributed by atoms with Gasteiger partial charge in [0.2, 0.25) is 0 Å². The van der Waals surface area contributed by atoms with Crippen LogP contribution in [0.4, 0.5) is 0 Å². The minimum absolute atomic E-state index is 0.811. The van der Waals surface area contributed by atoms with Crippen molar-refractivity contribution in [3.05, 3.63) is 0 Å². The van der Waals surface area contributed by atoms with Crippen molar-refractivity contribution in [2.75, 3.05) is 0 Å². The van der Waals surface area contributed by atoms with Gasteiger partial charge in [-0.05, 0) is 0 Å². The first-order valence-electron chi connectivity index (χ1n) is 1.57. The molecule has 0 aromatic heterocycles. The van der Waals surface area contributed by atoms with Crippen molar-refractivity contribution in [3.63, 3.8) is 0 Å². The normalized spacial score (nSPS) is 12.8. The summed E-state index contributed by atoms with van der Waals surface area (Å²) < 4.78 is 22.2. The quantitative estimate of drug-likeness (QED) is 0.286. The molecule has 0 saturated heterocycles. The second-order valence-electron chi connectivity index (χ2n) is 0.847. The molecule has 0 aliphatic heterocycles. The van der Waals surface area contributed by atoms with Crippen LogP contribution < -0.4 is 0 Å². The molecule has 8 heavy (non-hydrogen) atoms. The zero-order chi connectivity index (χ0) is 6.57. The predicted molar refractivity (Wildman–Crippen MR) is 21.8 cm³/mol. The summed E-state index contributed by atoms with van der Waals surface area (Å²) >= 11 is -2.78. The van der Waals surface area contributed by atoms with E-state index in [1.807, 2.05) is 0 Å². The van der Waals surface area contributed by atoms with E-state index in [1.54, 1.807) is 0 Å². The monoisotopic (exact) mass is 139 g/mol. The van der Waals surface area contributed by atoms with Crippen LogP contribution in [0, 0.1) is 0 Å². The standard InChI is InChI=1S/C2H4O5S/c1-2(3)6-7-8(4)5/h1H3,(H,4,5)/p-1. The summed E-state index contributed by atoms with van der Waals surface area (Å²) in [6, 6.07) is 0. The van der Waals surface area contributed by atoms with Crippen molar-refractivity contribution in [3.8, 4) is 0 Å². The lowest BCUT2D eigenvalue weighted by atomic mass is 10.9. The third-order valence-corrected chi connectivity index (χ3v) is 0.386. The average molecular weight is 139 g/mol. The van der Waals surface area contributed by atoms with Crippen molar-refractivity contribution < 1.29 is 22.8 Å². The summed E-state index contributed by atoms with van der Waals surface area (Å²) in [6.07, 6.45) is 0. The molecule has 0 bridgehead atoms. The maximum absolute atomic E-state index is 9.73. The van der Waals surface area contributed by atoms with Crippen molar-refractivity contribution >= 4 is 17.3 Å². The molecule has 48 valence electrons. The fourth-order valence-electron chi connectivity index (χ4n) is 0.0757. The smallest absolute Gasteiger partial charge is 0.340 e. The van der Waals surface area contributed by atoms with Crippen LogP contribution in [-0.4, -0.2) is 14.7 Å². The number of carbonyl (C=O) groups excluding carboxylic acids is 1. The van der Waals surface area contributed by atoms with Crippen molar-refractivity contribution in [2.45, 2.75) is 6.92 Å². The lowest BCUT2D eigenvalue weighted by Gasteiger charge is -1.99. The van der Waals surface area contributed by atoms with Gasteiger partial charge in [0.15, 0.2) is 0 Å². The molecule has 0 amide bonds. The Morgan fingerprint density at radius 3 is 2.38 bits per heavy atom. The van der Waals surface area contributed by atoms with Gasteiger partial charge in [0, 0.05) is 6.92 Å². The Kier molecular flexibility index (Phi) is 3.33. The molecule has 0 rings (SSSR count). The van der Waals surface area contributed by atoms with Crippen molar-refractivity contribution in [2.24, 2.45) is 0 Å². The fraction of sp³-hybridized carbons (Fsp3) is 0.500. The van der Waals surface area contributed by atoms with Gasteiger partial charge >= 0.3 is 5.97 Å². The van der Waals surface area contributed by atoms with Gasteiger partial charge < -0.3 is 4.55 Å². The number of carbonyl (C=O) groups is 1. The van der Waals surface area contributed by atoms with Gasteiger partial charge in [0.05, 0.1) is 0 Å². The first-order valence-corrected chi connectivity index (χ1v) is 2.57. The molecular weight excluding hydrogens is 136 g/mol. The van der Waals surface area contributed by atoms with Crippen molar-refractivity contribution in [1.82, 2.24) is 0 Å². The van der Waals surface area contributed by atoms with E-state index in [9.17, 15) is 13.6 Å². The van der Waals surface area contributed by atoms with Gasteiger partial charge in [0.1, 0.15) is 11.4 Å². The predicted octanol–water partition coefficient (Wildman–Crippen LogP) is -0.725. The van der Waals surface area contributed by atoms with Crippen LogP contribution in [0.1, 0.15) is 6.92 Å². The van der Waals surface area contributed by atoms with Crippen LogP contribution in [0.3, 0.4) is 0 Å². The minimum Gasteiger partial charge on any atom is -0.747 e. The molecule has 0 aromatic carbocycles. The van der Waals surface area contributed by atoms with E-state index in [2.05, 4.69) is 9.22 Å². The lowest BCUT2D eigenvalue weighted by Crippen LogP contribution is -2.01. The van der Waals surface area contributed by atoms with Gasteiger partial charge in [-0.25, -0.2) is 9.00 Å². The number of rotatable bonds is 2. The van der Waals surface area contributed by atoms with Crippen LogP contribution in [0.5, 0.6) is 0 Å². The molecule has 0 aliphatic carbocycles. The van der Waals surface area contributed by atoms with Crippen LogP contribution in [0.25, 0.3) is 0 Å². The highest BCUT2D eigenvalue weighted by molar-refractivity contribution is 7.73. The molecule has 1 unspecified atom stereocenters. The number of hydrogen-bond acceptors (Lipinski definition) is 5. The maximum Gasteiger partial charge on any atom is 0.340 e. The van der Waals surface area contributed by atoms with Gasteiger partial charge in [-0.3, -0.25) is 4.89 Å². The second kappa shape index (κ2) is 3.53. The van der Waals surface area contributed by atoms with Crippen LogP contribution in [0.15, 0.2) is 0 Å². The maximum atomic E-state index is 9.73. The molecule has 0 aliphatic rings. The minimum atomic E-state index is -2.78. The summed E-state index contributed by atoms with van der Waals surface area (Å²) in [6.45, 7) is 1.02. The van der Waals surface area contributed by atoms with E-state index >= 15 is 0 Å². The largest absolute Gasteiger partial charge is 0.747 e.